The van der Waals surface area contributed by atoms with E-state index in [0.717, 1.165) is 5.56 Å². The van der Waals surface area contributed by atoms with E-state index < -0.39 is 10.0 Å². The van der Waals surface area contributed by atoms with E-state index in [1.807, 2.05) is 37.3 Å². The standard InChI is InChI=1S/C18H19N3O3S/c1-13(14-7-3-2-4-8-14)12-19-18(22)11-17-20-15-9-5-6-10-16(15)25(23,24)21-17/h2-10,13H,11-12H2,1H3,(H,19,22)(H,20,21)/t13-/m1/s1. The monoisotopic (exact) mass is 357 g/mol. The van der Waals surface area contributed by atoms with Crippen molar-refractivity contribution in [1.29, 1.82) is 0 Å². The lowest BCUT2D eigenvalue weighted by Gasteiger charge is -2.18. The summed E-state index contributed by atoms with van der Waals surface area (Å²) in [6, 6.07) is 16.4. The summed E-state index contributed by atoms with van der Waals surface area (Å²) in [4.78, 5) is 12.3. The molecule has 1 atom stereocenters. The van der Waals surface area contributed by atoms with Gasteiger partial charge in [0.2, 0.25) is 5.91 Å². The van der Waals surface area contributed by atoms with Crippen molar-refractivity contribution in [1.82, 2.24) is 5.32 Å². The van der Waals surface area contributed by atoms with Crippen LogP contribution in [-0.2, 0) is 14.8 Å². The summed E-state index contributed by atoms with van der Waals surface area (Å²) in [6.07, 6.45) is -0.116. The smallest absolute Gasteiger partial charge is 0.286 e. The van der Waals surface area contributed by atoms with E-state index in [-0.39, 0.29) is 29.0 Å². The second kappa shape index (κ2) is 7.06. The molecule has 130 valence electrons. The Morgan fingerprint density at radius 1 is 1.12 bits per heavy atom. The number of nitrogens with one attached hydrogen (secondary N) is 2. The van der Waals surface area contributed by atoms with Crippen molar-refractivity contribution in [3.8, 4) is 0 Å². The third kappa shape index (κ3) is 4.06. The van der Waals surface area contributed by atoms with E-state index in [1.54, 1.807) is 18.2 Å². The molecule has 0 aliphatic carbocycles. The predicted molar refractivity (Wildman–Crippen MR) is 97.2 cm³/mol. The van der Waals surface area contributed by atoms with Gasteiger partial charge in [-0.05, 0) is 23.6 Å². The Bertz CT molecular complexity index is 908. The Hall–Kier alpha value is -2.67. The molecule has 0 saturated heterocycles. The molecule has 2 N–H and O–H groups in total. The highest BCUT2D eigenvalue weighted by atomic mass is 32.2. The number of hydrogen-bond acceptors (Lipinski definition) is 4. The van der Waals surface area contributed by atoms with Crippen LogP contribution in [0.4, 0.5) is 5.69 Å². The van der Waals surface area contributed by atoms with E-state index in [4.69, 9.17) is 0 Å². The third-order valence-electron chi connectivity index (χ3n) is 3.98. The van der Waals surface area contributed by atoms with Gasteiger partial charge in [-0.2, -0.15) is 8.42 Å². The predicted octanol–water partition coefficient (Wildman–Crippen LogP) is 2.51. The van der Waals surface area contributed by atoms with Crippen molar-refractivity contribution in [3.63, 3.8) is 0 Å². The average Bonchev–Trinajstić information content (AvgIpc) is 2.60. The van der Waals surface area contributed by atoms with Crippen LogP contribution in [0.3, 0.4) is 0 Å². The van der Waals surface area contributed by atoms with Gasteiger partial charge in [-0.3, -0.25) is 4.79 Å². The Labute approximate surface area is 147 Å². The van der Waals surface area contributed by atoms with Gasteiger partial charge < -0.3 is 10.6 Å². The molecule has 0 bridgehead atoms. The highest BCUT2D eigenvalue weighted by Gasteiger charge is 2.25. The lowest BCUT2D eigenvalue weighted by Crippen LogP contribution is -2.32. The zero-order valence-corrected chi connectivity index (χ0v) is 14.6. The van der Waals surface area contributed by atoms with Crippen LogP contribution in [-0.4, -0.2) is 26.7 Å². The lowest BCUT2D eigenvalue weighted by atomic mass is 10.0. The molecular formula is C18H19N3O3S. The second-order valence-corrected chi connectivity index (χ2v) is 7.50. The summed E-state index contributed by atoms with van der Waals surface area (Å²) >= 11 is 0. The topological polar surface area (TPSA) is 87.6 Å². The molecule has 7 heteroatoms. The molecule has 1 aliphatic rings. The third-order valence-corrected chi connectivity index (χ3v) is 5.35. The van der Waals surface area contributed by atoms with E-state index in [9.17, 15) is 13.2 Å². The molecule has 1 amide bonds. The molecule has 1 heterocycles. The van der Waals surface area contributed by atoms with Crippen molar-refractivity contribution in [2.75, 3.05) is 11.9 Å². The second-order valence-electron chi connectivity index (χ2n) is 5.93. The number of benzene rings is 2. The number of para-hydroxylation sites is 1. The highest BCUT2D eigenvalue weighted by Crippen LogP contribution is 2.27. The molecule has 3 rings (SSSR count). The minimum absolute atomic E-state index is 0.116. The van der Waals surface area contributed by atoms with Crippen LogP contribution < -0.4 is 10.6 Å². The molecule has 6 nitrogen and oxygen atoms in total. The number of fused-ring (bicyclic) bond motifs is 1. The molecule has 2 aromatic rings. The van der Waals surface area contributed by atoms with E-state index in [1.165, 1.54) is 6.07 Å². The van der Waals surface area contributed by atoms with E-state index in [2.05, 4.69) is 15.0 Å². The molecule has 0 saturated carbocycles. The summed E-state index contributed by atoms with van der Waals surface area (Å²) in [7, 11) is -3.77. The van der Waals surface area contributed by atoms with E-state index in [0.29, 0.717) is 12.2 Å². The number of amides is 1. The summed E-state index contributed by atoms with van der Waals surface area (Å²) in [6.45, 7) is 2.49. The van der Waals surface area contributed by atoms with Crippen LogP contribution in [0.5, 0.6) is 0 Å². The van der Waals surface area contributed by atoms with Crippen LogP contribution in [0.15, 0.2) is 63.9 Å². The Balaban J connectivity index is 1.61. The van der Waals surface area contributed by atoms with Gasteiger partial charge in [0, 0.05) is 6.54 Å². The van der Waals surface area contributed by atoms with Crippen molar-refractivity contribution in [3.05, 3.63) is 60.2 Å². The van der Waals surface area contributed by atoms with Gasteiger partial charge in [0.05, 0.1) is 12.1 Å². The van der Waals surface area contributed by atoms with Gasteiger partial charge >= 0.3 is 0 Å². The molecule has 0 radical (unpaired) electrons. The van der Waals surface area contributed by atoms with Gasteiger partial charge in [-0.25, -0.2) is 0 Å². The van der Waals surface area contributed by atoms with Crippen LogP contribution in [0.1, 0.15) is 24.8 Å². The summed E-state index contributed by atoms with van der Waals surface area (Å²) in [5.41, 5.74) is 1.57. The first-order valence-electron chi connectivity index (χ1n) is 7.97. The minimum atomic E-state index is -3.77. The maximum Gasteiger partial charge on any atom is 0.286 e. The van der Waals surface area contributed by atoms with E-state index >= 15 is 0 Å². The quantitative estimate of drug-likeness (QED) is 0.861. The summed E-state index contributed by atoms with van der Waals surface area (Å²) < 4.78 is 28.0. The number of nitrogens with zero attached hydrogens (tertiary/aromatic N) is 1. The number of carbonyl (C=O) groups excluding carboxylic acids is 1. The van der Waals surface area contributed by atoms with Crippen molar-refractivity contribution < 1.29 is 13.2 Å². The number of anilines is 1. The molecule has 0 fully saturated rings. The number of amidine groups is 1. The fourth-order valence-electron chi connectivity index (χ4n) is 2.62. The van der Waals surface area contributed by atoms with Crippen molar-refractivity contribution in [2.24, 2.45) is 4.40 Å². The number of sulfonamides is 1. The lowest BCUT2D eigenvalue weighted by molar-refractivity contribution is -0.119. The van der Waals surface area contributed by atoms with Gasteiger partial charge in [0.1, 0.15) is 10.7 Å². The molecule has 25 heavy (non-hydrogen) atoms. The normalized spacial score (nSPS) is 16.1. The molecular weight excluding hydrogens is 338 g/mol. The van der Waals surface area contributed by atoms with Gasteiger partial charge in [0.15, 0.2) is 0 Å². The van der Waals surface area contributed by atoms with Gasteiger partial charge in [0.25, 0.3) is 10.0 Å². The summed E-state index contributed by atoms with van der Waals surface area (Å²) in [5, 5.41) is 5.74. The SMILES string of the molecule is C[C@H](CNC(=O)CC1=NS(=O)(=O)c2ccccc2N1)c1ccccc1. The first-order valence-corrected chi connectivity index (χ1v) is 9.41. The number of carbonyl (C=O) groups is 1. The van der Waals surface area contributed by atoms with Crippen molar-refractivity contribution >= 4 is 27.5 Å². The maximum atomic E-state index is 12.2. The highest BCUT2D eigenvalue weighted by molar-refractivity contribution is 7.90. The van der Waals surface area contributed by atoms with Crippen LogP contribution in [0.25, 0.3) is 0 Å². The molecule has 0 unspecified atom stereocenters. The number of rotatable bonds is 5. The molecule has 1 aliphatic heterocycles. The fourth-order valence-corrected chi connectivity index (χ4v) is 3.77. The molecule has 0 spiro atoms. The van der Waals surface area contributed by atoms with Gasteiger partial charge in [-0.15, -0.1) is 4.40 Å². The Morgan fingerprint density at radius 3 is 2.56 bits per heavy atom. The first kappa shape index (κ1) is 17.2. The van der Waals surface area contributed by atoms with Crippen molar-refractivity contribution in [2.45, 2.75) is 24.2 Å². The van der Waals surface area contributed by atoms with Crippen LogP contribution in [0.2, 0.25) is 0 Å². The zero-order chi connectivity index (χ0) is 17.9. The Morgan fingerprint density at radius 2 is 1.80 bits per heavy atom. The van der Waals surface area contributed by atoms with Crippen LogP contribution >= 0.6 is 0 Å². The number of hydrogen-bond donors (Lipinski definition) is 2. The van der Waals surface area contributed by atoms with Crippen LogP contribution in [0, 0.1) is 0 Å². The fraction of sp³-hybridized carbons (Fsp3) is 0.222. The minimum Gasteiger partial charge on any atom is -0.355 e. The largest absolute Gasteiger partial charge is 0.355 e. The molecule has 0 aromatic heterocycles. The zero-order valence-electron chi connectivity index (χ0n) is 13.8. The molecule has 2 aromatic carbocycles. The summed E-state index contributed by atoms with van der Waals surface area (Å²) in [5.74, 6) is 0.0167. The maximum absolute atomic E-state index is 12.2. The van der Waals surface area contributed by atoms with Gasteiger partial charge in [-0.1, -0.05) is 49.4 Å². The average molecular weight is 357 g/mol. The first-order chi connectivity index (χ1) is 12.0. The Kier molecular flexibility index (Phi) is 4.85.